The Kier molecular flexibility index (Phi) is 7.02. The third-order valence-corrected chi connectivity index (χ3v) is 6.85. The summed E-state index contributed by atoms with van der Waals surface area (Å²) in [4.78, 5) is 12.8. The van der Waals surface area contributed by atoms with Gasteiger partial charge in [0.25, 0.3) is 10.0 Å². The van der Waals surface area contributed by atoms with Gasteiger partial charge >= 0.3 is 0 Å². The van der Waals surface area contributed by atoms with Gasteiger partial charge in [0.2, 0.25) is 5.91 Å². The molecule has 0 bridgehead atoms. The topological polar surface area (TPSA) is 66.5 Å². The van der Waals surface area contributed by atoms with Crippen LogP contribution in [0.25, 0.3) is 0 Å². The Morgan fingerprint density at radius 1 is 0.967 bits per heavy atom. The molecular weight excluding hydrogens is 443 g/mol. The van der Waals surface area contributed by atoms with Crippen molar-refractivity contribution in [3.8, 4) is 0 Å². The highest BCUT2D eigenvalue weighted by Gasteiger charge is 2.28. The second-order valence-electron chi connectivity index (χ2n) is 6.62. The van der Waals surface area contributed by atoms with E-state index in [0.717, 1.165) is 9.87 Å². The summed E-state index contributed by atoms with van der Waals surface area (Å²) < 4.78 is 27.7. The molecular formula is C22H20Cl2N2O3S. The number of hydrogen-bond acceptors (Lipinski definition) is 3. The van der Waals surface area contributed by atoms with Crippen LogP contribution in [0.3, 0.4) is 0 Å². The SMILES string of the molecule is Cc1ccccc1N(CC(=O)NCc1ccc(Cl)cc1Cl)S(=O)(=O)c1ccccc1. The lowest BCUT2D eigenvalue weighted by atomic mass is 10.2. The van der Waals surface area contributed by atoms with Gasteiger partial charge in [-0.15, -0.1) is 0 Å². The van der Waals surface area contributed by atoms with Crippen molar-refractivity contribution in [2.45, 2.75) is 18.4 Å². The van der Waals surface area contributed by atoms with Crippen molar-refractivity contribution in [1.82, 2.24) is 5.32 Å². The molecule has 3 aromatic carbocycles. The lowest BCUT2D eigenvalue weighted by Crippen LogP contribution is -2.41. The molecule has 0 fully saturated rings. The van der Waals surface area contributed by atoms with Crippen molar-refractivity contribution in [1.29, 1.82) is 0 Å². The summed E-state index contributed by atoms with van der Waals surface area (Å²) in [5, 5.41) is 3.65. The summed E-state index contributed by atoms with van der Waals surface area (Å²) in [6, 6.07) is 20.0. The lowest BCUT2D eigenvalue weighted by molar-refractivity contribution is -0.119. The number of hydrogen-bond donors (Lipinski definition) is 1. The number of nitrogens with one attached hydrogen (secondary N) is 1. The number of aryl methyl sites for hydroxylation is 1. The number of amides is 1. The van der Waals surface area contributed by atoms with Crippen LogP contribution in [0.1, 0.15) is 11.1 Å². The molecule has 156 valence electrons. The van der Waals surface area contributed by atoms with Gasteiger partial charge in [0.05, 0.1) is 10.6 Å². The highest BCUT2D eigenvalue weighted by atomic mass is 35.5. The molecule has 0 atom stereocenters. The predicted octanol–water partition coefficient (Wildman–Crippen LogP) is 4.81. The van der Waals surface area contributed by atoms with Gasteiger partial charge in [-0.1, -0.05) is 65.7 Å². The Morgan fingerprint density at radius 3 is 2.30 bits per heavy atom. The molecule has 0 saturated carbocycles. The van der Waals surface area contributed by atoms with E-state index in [-0.39, 0.29) is 18.0 Å². The first-order valence-corrected chi connectivity index (χ1v) is 11.3. The number of benzene rings is 3. The zero-order valence-corrected chi connectivity index (χ0v) is 18.5. The zero-order valence-electron chi connectivity index (χ0n) is 16.2. The Morgan fingerprint density at radius 2 is 1.63 bits per heavy atom. The van der Waals surface area contributed by atoms with Gasteiger partial charge in [-0.3, -0.25) is 9.10 Å². The smallest absolute Gasteiger partial charge is 0.264 e. The molecule has 0 unspecified atom stereocenters. The molecule has 0 aliphatic carbocycles. The summed E-state index contributed by atoms with van der Waals surface area (Å²) in [6.45, 7) is 1.59. The van der Waals surface area contributed by atoms with Crippen molar-refractivity contribution >= 4 is 44.8 Å². The number of halogens is 2. The van der Waals surface area contributed by atoms with Crippen molar-refractivity contribution in [3.05, 3.63) is 94.0 Å². The Hall–Kier alpha value is -2.54. The van der Waals surface area contributed by atoms with Crippen LogP contribution in [0.2, 0.25) is 10.0 Å². The molecule has 1 N–H and O–H groups in total. The summed E-state index contributed by atoms with van der Waals surface area (Å²) >= 11 is 12.0. The maximum atomic E-state index is 13.3. The number of carbonyl (C=O) groups excluding carboxylic acids is 1. The van der Waals surface area contributed by atoms with Crippen LogP contribution < -0.4 is 9.62 Å². The van der Waals surface area contributed by atoms with Crippen LogP contribution in [-0.4, -0.2) is 20.9 Å². The number of sulfonamides is 1. The van der Waals surface area contributed by atoms with Crippen LogP contribution in [0.5, 0.6) is 0 Å². The van der Waals surface area contributed by atoms with E-state index >= 15 is 0 Å². The van der Waals surface area contributed by atoms with E-state index in [4.69, 9.17) is 23.2 Å². The quantitative estimate of drug-likeness (QED) is 0.547. The fourth-order valence-corrected chi connectivity index (χ4v) is 4.89. The van der Waals surface area contributed by atoms with Gasteiger partial charge in [-0.05, 0) is 48.4 Å². The molecule has 0 spiro atoms. The minimum Gasteiger partial charge on any atom is -0.350 e. The lowest BCUT2D eigenvalue weighted by Gasteiger charge is -2.25. The molecule has 0 aliphatic rings. The molecule has 0 aliphatic heterocycles. The number of nitrogens with zero attached hydrogens (tertiary/aromatic N) is 1. The fourth-order valence-electron chi connectivity index (χ4n) is 2.91. The summed E-state index contributed by atoms with van der Waals surface area (Å²) in [7, 11) is -3.94. The molecule has 0 saturated heterocycles. The van der Waals surface area contributed by atoms with Gasteiger partial charge in [-0.2, -0.15) is 0 Å². The first kappa shape index (κ1) is 22.2. The number of carbonyl (C=O) groups is 1. The monoisotopic (exact) mass is 462 g/mol. The van der Waals surface area contributed by atoms with E-state index in [2.05, 4.69) is 5.32 Å². The van der Waals surface area contributed by atoms with Gasteiger partial charge in [0.15, 0.2) is 0 Å². The van der Waals surface area contributed by atoms with E-state index in [9.17, 15) is 13.2 Å². The zero-order chi connectivity index (χ0) is 21.7. The van der Waals surface area contributed by atoms with Gasteiger partial charge < -0.3 is 5.32 Å². The maximum absolute atomic E-state index is 13.3. The third-order valence-electron chi connectivity index (χ3n) is 4.49. The average Bonchev–Trinajstić information content (AvgIpc) is 2.72. The molecule has 8 heteroatoms. The van der Waals surface area contributed by atoms with Crippen molar-refractivity contribution in [2.24, 2.45) is 0 Å². The van der Waals surface area contributed by atoms with E-state index in [1.54, 1.807) is 61.5 Å². The van der Waals surface area contributed by atoms with Gasteiger partial charge in [-0.25, -0.2) is 8.42 Å². The second-order valence-corrected chi connectivity index (χ2v) is 9.33. The molecule has 5 nitrogen and oxygen atoms in total. The molecule has 0 aromatic heterocycles. The highest BCUT2D eigenvalue weighted by molar-refractivity contribution is 7.92. The minimum atomic E-state index is -3.94. The normalized spacial score (nSPS) is 11.2. The van der Waals surface area contributed by atoms with Crippen LogP contribution in [0.15, 0.2) is 77.7 Å². The third kappa shape index (κ3) is 5.14. The molecule has 0 radical (unpaired) electrons. The van der Waals surface area contributed by atoms with Crippen LogP contribution >= 0.6 is 23.2 Å². The van der Waals surface area contributed by atoms with E-state index < -0.39 is 15.9 Å². The first-order chi connectivity index (χ1) is 14.3. The highest BCUT2D eigenvalue weighted by Crippen LogP contribution is 2.26. The Bertz CT molecular complexity index is 1150. The van der Waals surface area contributed by atoms with E-state index in [1.165, 1.54) is 12.1 Å². The second kappa shape index (κ2) is 9.51. The molecule has 3 rings (SSSR count). The summed E-state index contributed by atoms with van der Waals surface area (Å²) in [5.74, 6) is -0.455. The fraction of sp³-hybridized carbons (Fsp3) is 0.136. The summed E-state index contributed by atoms with van der Waals surface area (Å²) in [5.41, 5.74) is 1.87. The van der Waals surface area contributed by atoms with Crippen molar-refractivity contribution in [2.75, 3.05) is 10.8 Å². The predicted molar refractivity (Wildman–Crippen MR) is 120 cm³/mol. The van der Waals surface area contributed by atoms with Gasteiger partial charge in [0, 0.05) is 16.6 Å². The van der Waals surface area contributed by atoms with E-state index in [1.807, 2.05) is 6.07 Å². The maximum Gasteiger partial charge on any atom is 0.264 e. The molecule has 0 heterocycles. The Labute approximate surface area is 186 Å². The van der Waals surface area contributed by atoms with Crippen LogP contribution in [0.4, 0.5) is 5.69 Å². The number of para-hydroxylation sites is 1. The standard InChI is InChI=1S/C22H20Cl2N2O3S/c1-16-7-5-6-10-21(16)26(30(28,29)19-8-3-2-4-9-19)15-22(27)25-14-17-11-12-18(23)13-20(17)24/h2-13H,14-15H2,1H3,(H,25,27). The molecule has 30 heavy (non-hydrogen) atoms. The summed E-state index contributed by atoms with van der Waals surface area (Å²) in [6.07, 6.45) is 0. The van der Waals surface area contributed by atoms with Crippen molar-refractivity contribution < 1.29 is 13.2 Å². The van der Waals surface area contributed by atoms with Crippen molar-refractivity contribution in [3.63, 3.8) is 0 Å². The number of rotatable bonds is 7. The van der Waals surface area contributed by atoms with Gasteiger partial charge in [0.1, 0.15) is 6.54 Å². The largest absolute Gasteiger partial charge is 0.350 e. The minimum absolute atomic E-state index is 0.113. The molecule has 3 aromatic rings. The first-order valence-electron chi connectivity index (χ1n) is 9.13. The van der Waals surface area contributed by atoms with E-state index in [0.29, 0.717) is 21.3 Å². The molecule has 1 amide bonds. The van der Waals surface area contributed by atoms with Crippen LogP contribution in [0, 0.1) is 6.92 Å². The number of anilines is 1. The average molecular weight is 463 g/mol. The Balaban J connectivity index is 1.86. The van der Waals surface area contributed by atoms with Crippen LogP contribution in [-0.2, 0) is 21.4 Å².